The van der Waals surface area contributed by atoms with E-state index in [4.69, 9.17) is 0 Å². The first-order valence-corrected chi connectivity index (χ1v) is 3.95. The van der Waals surface area contributed by atoms with Crippen molar-refractivity contribution in [3.05, 3.63) is 11.6 Å². The van der Waals surface area contributed by atoms with Crippen molar-refractivity contribution in [2.75, 3.05) is 0 Å². The summed E-state index contributed by atoms with van der Waals surface area (Å²) in [5.41, 5.74) is 0. The third kappa shape index (κ3) is 1.44. The van der Waals surface area contributed by atoms with Gasteiger partial charge in [-0.1, -0.05) is 0 Å². The molecule has 1 aromatic rings. The smallest absolute Gasteiger partial charge is 0.291 e. The average Bonchev–Trinajstić information content (AvgIpc) is 2.72. The number of aryl methyl sites for hydroxylation is 1. The predicted molar refractivity (Wildman–Crippen MR) is 41.6 cm³/mol. The zero-order chi connectivity index (χ0) is 8.55. The number of hydrogen-bond donors (Lipinski definition) is 2. The lowest BCUT2D eigenvalue weighted by molar-refractivity contribution is 0.0941. The first-order valence-electron chi connectivity index (χ1n) is 3.95. The summed E-state index contributed by atoms with van der Waals surface area (Å²) >= 11 is 0. The number of aromatic nitrogens is 3. The van der Waals surface area contributed by atoms with Gasteiger partial charge < -0.3 is 5.32 Å². The van der Waals surface area contributed by atoms with Crippen LogP contribution >= 0.6 is 0 Å². The summed E-state index contributed by atoms with van der Waals surface area (Å²) in [6.45, 7) is 1.76. The van der Waals surface area contributed by atoms with E-state index in [2.05, 4.69) is 20.5 Å². The predicted octanol–water partition coefficient (Wildman–Crippen LogP) is 0.00532. The number of carbonyl (C=O) groups is 1. The van der Waals surface area contributed by atoms with Gasteiger partial charge in [0, 0.05) is 6.04 Å². The molecular weight excluding hydrogens is 156 g/mol. The van der Waals surface area contributed by atoms with Gasteiger partial charge in [-0.25, -0.2) is 4.98 Å². The van der Waals surface area contributed by atoms with Crippen LogP contribution in [0, 0.1) is 6.92 Å². The Labute approximate surface area is 69.6 Å². The molecule has 0 radical (unpaired) electrons. The highest BCUT2D eigenvalue weighted by Crippen LogP contribution is 2.18. The molecule has 0 unspecified atom stereocenters. The molecule has 2 N–H and O–H groups in total. The Balaban J connectivity index is 2.03. The second-order valence-electron chi connectivity index (χ2n) is 2.99. The van der Waals surface area contributed by atoms with Crippen LogP contribution in [-0.4, -0.2) is 27.1 Å². The molecule has 2 rings (SSSR count). The number of carbonyl (C=O) groups excluding carboxylic acids is 1. The standard InChI is InChI=1S/C7H10N4O/c1-4-8-6(11-10-4)7(12)9-5-2-3-5/h5H,2-3H2,1H3,(H,9,12)(H,8,10,11). The molecule has 1 aromatic heterocycles. The van der Waals surface area contributed by atoms with Crippen LogP contribution in [0.1, 0.15) is 29.3 Å². The van der Waals surface area contributed by atoms with E-state index < -0.39 is 0 Å². The van der Waals surface area contributed by atoms with Crippen molar-refractivity contribution >= 4 is 5.91 Å². The van der Waals surface area contributed by atoms with Crippen molar-refractivity contribution in [3.63, 3.8) is 0 Å². The van der Waals surface area contributed by atoms with Crippen molar-refractivity contribution in [2.45, 2.75) is 25.8 Å². The van der Waals surface area contributed by atoms with Gasteiger partial charge in [-0.2, -0.15) is 0 Å². The first kappa shape index (κ1) is 7.27. The maximum atomic E-state index is 11.3. The summed E-state index contributed by atoms with van der Waals surface area (Å²) < 4.78 is 0. The molecule has 64 valence electrons. The quantitative estimate of drug-likeness (QED) is 0.650. The van der Waals surface area contributed by atoms with E-state index >= 15 is 0 Å². The number of H-pyrrole nitrogens is 1. The Hall–Kier alpha value is -1.39. The molecule has 1 heterocycles. The van der Waals surface area contributed by atoms with Crippen LogP contribution in [0.3, 0.4) is 0 Å². The minimum Gasteiger partial charge on any atom is -0.347 e. The van der Waals surface area contributed by atoms with Crippen LogP contribution in [0.15, 0.2) is 0 Å². The number of rotatable bonds is 2. The van der Waals surface area contributed by atoms with Crippen molar-refractivity contribution in [3.8, 4) is 0 Å². The van der Waals surface area contributed by atoms with Gasteiger partial charge in [-0.05, 0) is 19.8 Å². The third-order valence-corrected chi connectivity index (χ3v) is 1.71. The van der Waals surface area contributed by atoms with Gasteiger partial charge >= 0.3 is 0 Å². The minimum atomic E-state index is -0.179. The first-order chi connectivity index (χ1) is 5.75. The molecule has 1 fully saturated rings. The lowest BCUT2D eigenvalue weighted by atomic mass is 10.5. The van der Waals surface area contributed by atoms with Crippen LogP contribution in [0.2, 0.25) is 0 Å². The summed E-state index contributed by atoms with van der Waals surface area (Å²) in [4.78, 5) is 15.2. The fraction of sp³-hybridized carbons (Fsp3) is 0.571. The Morgan fingerprint density at radius 3 is 2.92 bits per heavy atom. The number of aromatic amines is 1. The summed E-state index contributed by atoms with van der Waals surface area (Å²) in [5, 5.41) is 9.17. The van der Waals surface area contributed by atoms with Gasteiger partial charge in [0.1, 0.15) is 5.82 Å². The molecule has 0 spiro atoms. The van der Waals surface area contributed by atoms with E-state index in [1.165, 1.54) is 0 Å². The molecule has 1 amide bonds. The minimum absolute atomic E-state index is 0.179. The van der Waals surface area contributed by atoms with E-state index in [0.717, 1.165) is 12.8 Å². The topological polar surface area (TPSA) is 70.7 Å². The zero-order valence-corrected chi connectivity index (χ0v) is 6.79. The van der Waals surface area contributed by atoms with E-state index in [0.29, 0.717) is 11.9 Å². The highest BCUT2D eigenvalue weighted by Gasteiger charge is 2.25. The van der Waals surface area contributed by atoms with Gasteiger partial charge in [-0.3, -0.25) is 9.89 Å². The number of nitrogens with zero attached hydrogens (tertiary/aromatic N) is 2. The molecule has 1 aliphatic carbocycles. The molecule has 5 nitrogen and oxygen atoms in total. The highest BCUT2D eigenvalue weighted by atomic mass is 16.2. The Bertz CT molecular complexity index is 302. The fourth-order valence-corrected chi connectivity index (χ4v) is 0.922. The molecule has 0 aromatic carbocycles. The molecule has 0 atom stereocenters. The maximum absolute atomic E-state index is 11.3. The Morgan fingerprint density at radius 2 is 2.42 bits per heavy atom. The molecule has 1 saturated carbocycles. The normalized spacial score (nSPS) is 16.1. The van der Waals surface area contributed by atoms with E-state index in [1.54, 1.807) is 6.92 Å². The highest BCUT2D eigenvalue weighted by molar-refractivity contribution is 5.90. The van der Waals surface area contributed by atoms with Gasteiger partial charge in [0.2, 0.25) is 5.82 Å². The third-order valence-electron chi connectivity index (χ3n) is 1.71. The monoisotopic (exact) mass is 166 g/mol. The van der Waals surface area contributed by atoms with E-state index in [1.807, 2.05) is 0 Å². The van der Waals surface area contributed by atoms with Crippen molar-refractivity contribution in [2.24, 2.45) is 0 Å². The van der Waals surface area contributed by atoms with Gasteiger partial charge in [0.15, 0.2) is 0 Å². The number of hydrogen-bond acceptors (Lipinski definition) is 3. The Morgan fingerprint density at radius 1 is 1.67 bits per heavy atom. The van der Waals surface area contributed by atoms with Gasteiger partial charge in [0.25, 0.3) is 5.91 Å². The maximum Gasteiger partial charge on any atom is 0.291 e. The zero-order valence-electron chi connectivity index (χ0n) is 6.79. The van der Waals surface area contributed by atoms with Crippen molar-refractivity contribution in [1.29, 1.82) is 0 Å². The fourth-order valence-electron chi connectivity index (χ4n) is 0.922. The average molecular weight is 166 g/mol. The summed E-state index contributed by atoms with van der Waals surface area (Å²) in [5.74, 6) is 0.720. The molecule has 0 bridgehead atoms. The largest absolute Gasteiger partial charge is 0.347 e. The SMILES string of the molecule is Cc1nc(C(=O)NC2CC2)n[nH]1. The molecule has 1 aliphatic rings. The van der Waals surface area contributed by atoms with Crippen LogP contribution in [-0.2, 0) is 0 Å². The van der Waals surface area contributed by atoms with Gasteiger partial charge in [-0.15, -0.1) is 5.10 Å². The van der Waals surface area contributed by atoms with E-state index in [-0.39, 0.29) is 11.7 Å². The lowest BCUT2D eigenvalue weighted by Gasteiger charge is -1.96. The second-order valence-corrected chi connectivity index (χ2v) is 2.99. The lowest BCUT2D eigenvalue weighted by Crippen LogP contribution is -2.26. The molecule has 12 heavy (non-hydrogen) atoms. The molecule has 0 saturated heterocycles. The van der Waals surface area contributed by atoms with Crippen LogP contribution in [0.25, 0.3) is 0 Å². The van der Waals surface area contributed by atoms with Crippen LogP contribution in [0.5, 0.6) is 0 Å². The van der Waals surface area contributed by atoms with Crippen LogP contribution in [0.4, 0.5) is 0 Å². The van der Waals surface area contributed by atoms with Gasteiger partial charge in [0.05, 0.1) is 0 Å². The summed E-state index contributed by atoms with van der Waals surface area (Å²) in [6.07, 6.45) is 2.16. The number of amides is 1. The number of nitrogens with one attached hydrogen (secondary N) is 2. The Kier molecular flexibility index (Phi) is 1.56. The summed E-state index contributed by atoms with van der Waals surface area (Å²) in [7, 11) is 0. The summed E-state index contributed by atoms with van der Waals surface area (Å²) in [6, 6.07) is 0.358. The van der Waals surface area contributed by atoms with Crippen molar-refractivity contribution in [1.82, 2.24) is 20.5 Å². The molecule has 5 heteroatoms. The molecular formula is C7H10N4O. The molecule has 0 aliphatic heterocycles. The van der Waals surface area contributed by atoms with Crippen molar-refractivity contribution < 1.29 is 4.79 Å². The van der Waals surface area contributed by atoms with Crippen LogP contribution < -0.4 is 5.32 Å². The second kappa shape index (κ2) is 2.58. The van der Waals surface area contributed by atoms with E-state index in [9.17, 15) is 4.79 Å².